The molecule has 2 amide bonds. The monoisotopic (exact) mass is 606 g/mol. The molecule has 4 N–H and O–H groups in total. The Morgan fingerprint density at radius 3 is 1.33 bits per heavy atom. The summed E-state index contributed by atoms with van der Waals surface area (Å²) in [6.07, 6.45) is -1.33. The number of phenolic OH excluding ortho intramolecular Hbond substituents is 2. The molecule has 0 spiro atoms. The third-order valence-corrected chi connectivity index (χ3v) is 6.11. The maximum absolute atomic E-state index is 14.8. The van der Waals surface area contributed by atoms with Crippen LogP contribution in [0.4, 0.5) is 37.7 Å². The first-order chi connectivity index (χ1) is 20.1. The fourth-order valence-corrected chi connectivity index (χ4v) is 3.98. The van der Waals surface area contributed by atoms with Crippen LogP contribution in [-0.2, 0) is 15.0 Å². The average Bonchev–Trinajstić information content (AvgIpc) is 2.91. The smallest absolute Gasteiger partial charge is 0.411 e. The molecule has 228 valence electrons. The van der Waals surface area contributed by atoms with Crippen LogP contribution < -0.4 is 10.6 Å². The first-order valence-electron chi connectivity index (χ1n) is 12.4. The van der Waals surface area contributed by atoms with Crippen molar-refractivity contribution >= 4 is 23.2 Å². The molecule has 0 saturated heterocycles. The lowest BCUT2D eigenvalue weighted by Crippen LogP contribution is -2.54. The molecular weight excluding hydrogens is 578 g/mol. The summed E-state index contributed by atoms with van der Waals surface area (Å²) < 4.78 is 88.8. The van der Waals surface area contributed by atoms with Crippen molar-refractivity contribution < 1.29 is 46.1 Å². The van der Waals surface area contributed by atoms with Crippen molar-refractivity contribution in [3.63, 3.8) is 0 Å². The highest BCUT2D eigenvalue weighted by Crippen LogP contribution is 2.57. The number of aromatic hydroxyl groups is 2. The molecule has 0 saturated carbocycles. The van der Waals surface area contributed by atoms with Gasteiger partial charge in [-0.25, -0.2) is 0 Å². The van der Waals surface area contributed by atoms with E-state index in [0.717, 1.165) is 12.2 Å². The highest BCUT2D eigenvalue weighted by Gasteiger charge is 2.72. The van der Waals surface area contributed by atoms with Crippen molar-refractivity contribution in [2.24, 2.45) is 0 Å². The van der Waals surface area contributed by atoms with Gasteiger partial charge in [-0.2, -0.15) is 26.3 Å². The van der Waals surface area contributed by atoms with E-state index in [1.165, 1.54) is 24.3 Å². The van der Waals surface area contributed by atoms with Gasteiger partial charge >= 0.3 is 12.4 Å². The van der Waals surface area contributed by atoms with Gasteiger partial charge in [0.05, 0.1) is 11.4 Å². The summed E-state index contributed by atoms with van der Waals surface area (Å²) in [5, 5.41) is 24.7. The summed E-state index contributed by atoms with van der Waals surface area (Å²) in [5.74, 6) is -3.56. The minimum atomic E-state index is -6.06. The van der Waals surface area contributed by atoms with Crippen LogP contribution >= 0.6 is 0 Å². The average molecular weight is 607 g/mol. The Morgan fingerprint density at radius 2 is 1.05 bits per heavy atom. The van der Waals surface area contributed by atoms with E-state index >= 15 is 0 Å². The number of carbonyl (C=O) groups excluding carboxylic acids is 2. The van der Waals surface area contributed by atoms with E-state index in [9.17, 15) is 46.1 Å². The Bertz CT molecular complexity index is 1400. The Hall–Kier alpha value is -5.00. The largest absolute Gasteiger partial charge is 0.506 e. The molecule has 43 heavy (non-hydrogen) atoms. The number of hydrogen-bond acceptors (Lipinski definition) is 4. The molecule has 0 unspecified atom stereocenters. The summed E-state index contributed by atoms with van der Waals surface area (Å²) in [6.45, 7) is 10.2. The summed E-state index contributed by atoms with van der Waals surface area (Å²) in [4.78, 5) is 25.3. The van der Waals surface area contributed by atoms with E-state index in [0.29, 0.717) is 36.4 Å². The van der Waals surface area contributed by atoms with Gasteiger partial charge in [0.15, 0.2) is 0 Å². The highest BCUT2D eigenvalue weighted by molar-refractivity contribution is 6.07. The molecule has 2 aromatic carbocycles. The van der Waals surface area contributed by atoms with E-state index in [1.54, 1.807) is 26.0 Å². The second kappa shape index (κ2) is 13.8. The normalized spacial score (nSPS) is 13.3. The first-order valence-corrected chi connectivity index (χ1v) is 12.4. The van der Waals surface area contributed by atoms with Gasteiger partial charge in [-0.3, -0.25) is 9.59 Å². The van der Waals surface area contributed by atoms with Gasteiger partial charge in [0.25, 0.3) is 11.8 Å². The van der Waals surface area contributed by atoms with E-state index < -0.39 is 63.6 Å². The van der Waals surface area contributed by atoms with E-state index in [1.807, 2.05) is 0 Å². The molecular formula is C31H28F6N2O4. The summed E-state index contributed by atoms with van der Waals surface area (Å²) in [6, 6.07) is 2.68. The molecule has 0 aliphatic rings. The fourth-order valence-electron chi connectivity index (χ4n) is 3.98. The molecule has 12 heteroatoms. The summed E-state index contributed by atoms with van der Waals surface area (Å²) in [7, 11) is 0. The van der Waals surface area contributed by atoms with Crippen LogP contribution in [0.3, 0.4) is 0 Å². The number of allylic oxidation sites excluding steroid dienone is 6. The van der Waals surface area contributed by atoms with Crippen LogP contribution in [0.5, 0.6) is 11.5 Å². The van der Waals surface area contributed by atoms with Crippen molar-refractivity contribution in [1.29, 1.82) is 0 Å². The lowest BCUT2D eigenvalue weighted by molar-refractivity contribution is -0.288. The zero-order valence-corrected chi connectivity index (χ0v) is 23.0. The molecule has 0 aromatic heterocycles. The molecule has 0 atom stereocenters. The second-order valence-electron chi connectivity index (χ2n) is 8.82. The number of halogens is 6. The maximum atomic E-state index is 14.8. The van der Waals surface area contributed by atoms with Crippen LogP contribution in [-0.4, -0.2) is 34.4 Å². The van der Waals surface area contributed by atoms with Crippen molar-refractivity contribution in [2.75, 3.05) is 10.6 Å². The number of anilines is 2. The lowest BCUT2D eigenvalue weighted by Gasteiger charge is -2.38. The minimum absolute atomic E-state index is 0.0953. The molecule has 6 nitrogen and oxygen atoms in total. The molecule has 2 rings (SSSR count). The number of carbonyl (C=O) groups is 2. The molecule has 0 aliphatic carbocycles. The van der Waals surface area contributed by atoms with Crippen LogP contribution in [0.15, 0.2) is 109 Å². The van der Waals surface area contributed by atoms with Crippen LogP contribution in [0.1, 0.15) is 25.0 Å². The third-order valence-electron chi connectivity index (χ3n) is 6.11. The summed E-state index contributed by atoms with van der Waals surface area (Å²) in [5.41, 5.74) is -9.26. The van der Waals surface area contributed by atoms with Gasteiger partial charge in [0, 0.05) is 11.1 Å². The minimum Gasteiger partial charge on any atom is -0.506 e. The Morgan fingerprint density at radius 1 is 0.698 bits per heavy atom. The topological polar surface area (TPSA) is 98.7 Å². The number of phenols is 2. The van der Waals surface area contributed by atoms with Crippen molar-refractivity contribution in [3.05, 3.63) is 120 Å². The molecule has 0 aliphatic heterocycles. The van der Waals surface area contributed by atoms with Crippen LogP contribution in [0.2, 0.25) is 0 Å². The molecule has 0 radical (unpaired) electrons. The fraction of sp³-hybridized carbons (Fsp3) is 0.161. The predicted molar refractivity (Wildman–Crippen MR) is 153 cm³/mol. The third kappa shape index (κ3) is 7.26. The molecule has 0 heterocycles. The van der Waals surface area contributed by atoms with E-state index in [4.69, 9.17) is 0 Å². The quantitative estimate of drug-likeness (QED) is 0.0962. The Kier molecular flexibility index (Phi) is 11.0. The standard InChI is InChI=1S/C31H28F6N2O4/c1-5-9-11-19(7-3)27(42)38-23-17-21(13-15-25(23)40)29(30(32,33)34,31(35,36)37)22-14-16-26(41)24(18-22)39-28(43)20(8-4)12-10-6-2/h5-18,40-41H,3-4H2,1-2H3,(H,38,42)(H,39,43)/b9-5-,10-6-,19-11+,20-12+. The summed E-state index contributed by atoms with van der Waals surface area (Å²) >= 11 is 0. The SMILES string of the molecule is C=C/C(=C\C=C/C)C(=O)Nc1cc(C(c2ccc(O)c(NC(=O)/C(C=C)=C/C=C\C)c2)(C(F)(F)F)C(F)(F)F)ccc1O. The van der Waals surface area contributed by atoms with Gasteiger partial charge in [-0.15, -0.1) is 0 Å². The number of rotatable bonds is 10. The molecule has 0 bridgehead atoms. The van der Waals surface area contributed by atoms with Crippen molar-refractivity contribution in [3.8, 4) is 11.5 Å². The van der Waals surface area contributed by atoms with Crippen LogP contribution in [0.25, 0.3) is 0 Å². The Balaban J connectivity index is 2.83. The van der Waals surface area contributed by atoms with Crippen molar-refractivity contribution in [2.45, 2.75) is 31.6 Å². The van der Waals surface area contributed by atoms with Crippen LogP contribution in [0, 0.1) is 0 Å². The number of nitrogens with one attached hydrogen (secondary N) is 2. The van der Waals surface area contributed by atoms with Gasteiger partial charge < -0.3 is 20.8 Å². The number of amides is 2. The number of hydrogen-bond donors (Lipinski definition) is 4. The Labute approximate surface area is 243 Å². The zero-order valence-electron chi connectivity index (χ0n) is 23.0. The van der Waals surface area contributed by atoms with Gasteiger partial charge in [0.2, 0.25) is 5.41 Å². The van der Waals surface area contributed by atoms with Gasteiger partial charge in [-0.05, 0) is 61.4 Å². The predicted octanol–water partition coefficient (Wildman–Crippen LogP) is 7.76. The number of alkyl halides is 6. The molecule has 2 aromatic rings. The maximum Gasteiger partial charge on any atom is 0.411 e. The van der Waals surface area contributed by atoms with Crippen molar-refractivity contribution in [1.82, 2.24) is 0 Å². The van der Waals surface area contributed by atoms with Gasteiger partial charge in [0.1, 0.15) is 11.5 Å². The lowest BCUT2D eigenvalue weighted by atomic mass is 9.72. The zero-order chi connectivity index (χ0) is 32.6. The van der Waals surface area contributed by atoms with E-state index in [2.05, 4.69) is 23.8 Å². The second-order valence-corrected chi connectivity index (χ2v) is 8.82. The van der Waals surface area contributed by atoms with Gasteiger partial charge in [-0.1, -0.05) is 61.7 Å². The van der Waals surface area contributed by atoms with E-state index in [-0.39, 0.29) is 11.1 Å². The highest BCUT2D eigenvalue weighted by atomic mass is 19.4. The molecule has 0 fully saturated rings. The number of benzene rings is 2. The first kappa shape index (κ1) is 34.2.